The Bertz CT molecular complexity index is 327. The molecule has 6 unspecified atom stereocenters. The van der Waals surface area contributed by atoms with Crippen molar-refractivity contribution in [2.45, 2.75) is 115 Å². The van der Waals surface area contributed by atoms with Crippen molar-refractivity contribution >= 4 is 18.6 Å². The van der Waals surface area contributed by atoms with Crippen molar-refractivity contribution < 1.29 is 17.0 Å². The van der Waals surface area contributed by atoms with Crippen molar-refractivity contribution in [1.82, 2.24) is 0 Å². The van der Waals surface area contributed by atoms with Gasteiger partial charge in [-0.2, -0.15) is 12.1 Å². The van der Waals surface area contributed by atoms with Gasteiger partial charge in [0.05, 0.1) is 0 Å². The molecule has 0 heterocycles. The van der Waals surface area contributed by atoms with Crippen molar-refractivity contribution in [1.29, 1.82) is 0 Å². The topological polar surface area (TPSA) is 28.2 Å². The van der Waals surface area contributed by atoms with Gasteiger partial charge in [-0.1, -0.05) is 103 Å². The summed E-state index contributed by atoms with van der Waals surface area (Å²) in [4.78, 5) is 0. The quantitative estimate of drug-likeness (QED) is 0.417. The Balaban J connectivity index is 0.000000701. The Kier molecular flexibility index (Phi) is 11.4. The predicted molar refractivity (Wildman–Crippen MR) is 107 cm³/mol. The molecule has 3 rings (SSSR count). The van der Waals surface area contributed by atoms with Gasteiger partial charge in [-0.25, -0.2) is 0 Å². The molecule has 25 heavy (non-hydrogen) atoms. The number of rotatable bonds is 4. The molecular weight excluding hydrogens is 387 g/mol. The molecule has 3 aliphatic carbocycles. The maximum absolute atomic E-state index is 5.35. The van der Waals surface area contributed by atoms with Gasteiger partial charge >= 0.3 is 35.6 Å². The molecule has 0 amide bonds. The van der Waals surface area contributed by atoms with E-state index in [9.17, 15) is 0 Å². The second kappa shape index (κ2) is 12.6. The van der Waals surface area contributed by atoms with Gasteiger partial charge in [0, 0.05) is 0 Å². The summed E-state index contributed by atoms with van der Waals surface area (Å²) in [6, 6.07) is 2.37. The molecule has 0 radical (unpaired) electrons. The summed E-state index contributed by atoms with van der Waals surface area (Å²) in [6.45, 7) is 4.84. The molecule has 2 nitrogen and oxygen atoms in total. The van der Waals surface area contributed by atoms with Gasteiger partial charge in [0.15, 0.2) is 0 Å². The fraction of sp³-hybridized carbons (Fsp3) is 1.00. The summed E-state index contributed by atoms with van der Waals surface area (Å²) >= 11 is -0.556. The third-order valence-corrected chi connectivity index (χ3v) is 6.59. The summed E-state index contributed by atoms with van der Waals surface area (Å²) in [5.41, 5.74) is 0. The van der Waals surface area contributed by atoms with E-state index in [0.717, 1.165) is 11.8 Å². The SMILES string of the molecule is CC1CCCCC1[N-]C1CCCCC1[N-]C1CCCCC1C.[Cl][Ti][Cl]. The molecule has 5 heteroatoms. The van der Waals surface area contributed by atoms with Crippen molar-refractivity contribution in [3.8, 4) is 0 Å². The van der Waals surface area contributed by atoms with E-state index in [-0.39, 0.29) is 0 Å². The van der Waals surface area contributed by atoms with Crippen LogP contribution in [0.3, 0.4) is 0 Å². The van der Waals surface area contributed by atoms with Gasteiger partial charge in [-0.05, 0) is 0 Å². The van der Waals surface area contributed by atoms with Crippen LogP contribution in [0.5, 0.6) is 0 Å². The van der Waals surface area contributed by atoms with Crippen molar-refractivity contribution in [2.24, 2.45) is 11.8 Å². The summed E-state index contributed by atoms with van der Waals surface area (Å²) in [6.07, 6.45) is 16.5. The van der Waals surface area contributed by atoms with Gasteiger partial charge < -0.3 is 10.6 Å². The first-order valence-corrected chi connectivity index (χ1v) is 14.8. The molecule has 0 bridgehead atoms. The van der Waals surface area contributed by atoms with Gasteiger partial charge in [0.2, 0.25) is 0 Å². The van der Waals surface area contributed by atoms with E-state index in [1.54, 1.807) is 0 Å². The molecule has 0 spiro atoms. The van der Waals surface area contributed by atoms with Crippen LogP contribution in [-0.2, 0) is 17.0 Å². The monoisotopic (exact) mass is 422 g/mol. The molecule has 6 atom stereocenters. The number of halogens is 2. The Labute approximate surface area is 172 Å². The molecule has 3 saturated carbocycles. The maximum atomic E-state index is 5.35. The van der Waals surface area contributed by atoms with E-state index in [2.05, 4.69) is 13.8 Å². The van der Waals surface area contributed by atoms with Crippen LogP contribution < -0.4 is 0 Å². The standard InChI is InChI=1S/C20H36N2.2ClH.Ti/c1-15-9-3-5-11-17(15)21-19-13-7-8-14-20(19)22-18-12-6-4-10-16(18)2;;;/h15-20H,3-14H2,1-2H3;2*1H;/q-2;;;+2/p-2. The summed E-state index contributed by atoms with van der Waals surface area (Å²) in [5, 5.41) is 10.7. The number of hydrogen-bond donors (Lipinski definition) is 0. The van der Waals surface area contributed by atoms with Crippen LogP contribution in [0.25, 0.3) is 10.6 Å². The fourth-order valence-electron chi connectivity index (χ4n) is 4.97. The van der Waals surface area contributed by atoms with Crippen LogP contribution in [-0.4, -0.2) is 24.2 Å². The Hall–Kier alpha value is 1.21. The second-order valence-corrected chi connectivity index (χ2v) is 11.0. The molecule has 3 fully saturated rings. The zero-order chi connectivity index (χ0) is 18.1. The zero-order valence-corrected chi connectivity index (χ0v) is 19.2. The molecule has 0 saturated heterocycles. The van der Waals surface area contributed by atoms with Crippen LogP contribution in [0.15, 0.2) is 0 Å². The second-order valence-electron chi connectivity index (χ2n) is 8.45. The Morgan fingerprint density at radius 2 is 0.840 bits per heavy atom. The molecule has 0 N–H and O–H groups in total. The Morgan fingerprint density at radius 3 is 1.16 bits per heavy atom. The van der Waals surface area contributed by atoms with Crippen LogP contribution in [0.1, 0.15) is 90.9 Å². The third kappa shape index (κ3) is 7.62. The van der Waals surface area contributed by atoms with Crippen molar-refractivity contribution in [3.63, 3.8) is 0 Å². The first kappa shape index (κ1) is 22.5. The third-order valence-electron chi connectivity index (χ3n) is 6.59. The number of hydrogen-bond acceptors (Lipinski definition) is 0. The summed E-state index contributed by atoms with van der Waals surface area (Å²) in [7, 11) is 9.78. The molecular formula is C20H36Cl2N2Ti-2. The van der Waals surface area contributed by atoms with E-state index in [0.29, 0.717) is 24.2 Å². The minimum absolute atomic E-state index is 0.549. The fourth-order valence-corrected chi connectivity index (χ4v) is 4.97. The van der Waals surface area contributed by atoms with Crippen LogP contribution in [0, 0.1) is 11.8 Å². The molecule has 0 aromatic heterocycles. The summed E-state index contributed by atoms with van der Waals surface area (Å²) in [5.74, 6) is 1.62. The van der Waals surface area contributed by atoms with Crippen LogP contribution >= 0.6 is 18.6 Å². The van der Waals surface area contributed by atoms with Crippen molar-refractivity contribution in [2.75, 3.05) is 0 Å². The predicted octanol–water partition coefficient (Wildman–Crippen LogP) is 7.58. The number of nitrogens with zero attached hydrogens (tertiary/aromatic N) is 2. The van der Waals surface area contributed by atoms with Crippen LogP contribution in [0.4, 0.5) is 0 Å². The summed E-state index contributed by atoms with van der Waals surface area (Å²) < 4.78 is 0. The minimum atomic E-state index is -0.556. The molecule has 0 aliphatic heterocycles. The first-order valence-electron chi connectivity index (χ1n) is 10.5. The van der Waals surface area contributed by atoms with E-state index in [4.69, 9.17) is 29.2 Å². The van der Waals surface area contributed by atoms with E-state index < -0.39 is 17.0 Å². The van der Waals surface area contributed by atoms with Gasteiger partial charge in [0.1, 0.15) is 0 Å². The van der Waals surface area contributed by atoms with Gasteiger partial charge in [-0.3, -0.25) is 0 Å². The van der Waals surface area contributed by atoms with Gasteiger partial charge in [-0.15, -0.1) is 12.1 Å². The molecule has 146 valence electrons. The molecule has 0 aromatic carbocycles. The van der Waals surface area contributed by atoms with Gasteiger partial charge in [0.25, 0.3) is 0 Å². The van der Waals surface area contributed by atoms with Crippen LogP contribution in [0.2, 0.25) is 0 Å². The Morgan fingerprint density at radius 1 is 0.560 bits per heavy atom. The van der Waals surface area contributed by atoms with E-state index in [1.807, 2.05) is 0 Å². The first-order chi connectivity index (χ1) is 12.2. The molecule has 3 aliphatic rings. The van der Waals surface area contributed by atoms with E-state index >= 15 is 0 Å². The average molecular weight is 423 g/mol. The normalized spacial score (nSPS) is 39.2. The zero-order valence-electron chi connectivity index (χ0n) is 16.1. The van der Waals surface area contributed by atoms with E-state index in [1.165, 1.54) is 77.0 Å². The molecule has 0 aromatic rings. The average Bonchev–Trinajstić information content (AvgIpc) is 2.61. The van der Waals surface area contributed by atoms with Crippen molar-refractivity contribution in [3.05, 3.63) is 10.6 Å².